The molecule has 0 bridgehead atoms. The van der Waals surface area contributed by atoms with Crippen molar-refractivity contribution >= 4 is 5.82 Å². The largest absolute Gasteiger partial charge is 0.394 e. The molecule has 1 aromatic rings. The maximum atomic E-state index is 14.1. The molecule has 18 heavy (non-hydrogen) atoms. The molecule has 100 valence electrons. The maximum absolute atomic E-state index is 14.1. The molecule has 8 heteroatoms. The standard InChI is InChI=1S/C10H14FN3O4/c1-17-8-5(4-15)18-9(7(8)11)14-3-2-6(12)13-10(14)16/h2-3,5,7-9,15H,4H2,1H3,(H2,12,13,16). The van der Waals surface area contributed by atoms with E-state index in [-0.39, 0.29) is 5.82 Å². The van der Waals surface area contributed by atoms with Crippen molar-refractivity contribution < 1.29 is 19.0 Å². The fourth-order valence-corrected chi connectivity index (χ4v) is 1.97. The number of rotatable bonds is 3. The Morgan fingerprint density at radius 3 is 2.94 bits per heavy atom. The number of alkyl halides is 1. The Kier molecular flexibility index (Phi) is 3.60. The van der Waals surface area contributed by atoms with E-state index >= 15 is 0 Å². The van der Waals surface area contributed by atoms with E-state index in [1.807, 2.05) is 0 Å². The number of nitrogens with zero attached hydrogens (tertiary/aromatic N) is 2. The number of ether oxygens (including phenoxy) is 2. The highest BCUT2D eigenvalue weighted by atomic mass is 19.1. The third-order valence-corrected chi connectivity index (χ3v) is 2.84. The quantitative estimate of drug-likeness (QED) is 0.727. The summed E-state index contributed by atoms with van der Waals surface area (Å²) >= 11 is 0. The zero-order valence-electron chi connectivity index (χ0n) is 9.69. The minimum absolute atomic E-state index is 0.0478. The van der Waals surface area contributed by atoms with Gasteiger partial charge in [0, 0.05) is 13.3 Å². The van der Waals surface area contributed by atoms with Gasteiger partial charge in [0.15, 0.2) is 12.4 Å². The van der Waals surface area contributed by atoms with Crippen LogP contribution in [0.3, 0.4) is 0 Å². The second-order valence-electron chi connectivity index (χ2n) is 3.93. The van der Waals surface area contributed by atoms with Crippen molar-refractivity contribution in [1.82, 2.24) is 9.55 Å². The Labute approximate surface area is 102 Å². The maximum Gasteiger partial charge on any atom is 0.351 e. The highest BCUT2D eigenvalue weighted by Crippen LogP contribution is 2.32. The van der Waals surface area contributed by atoms with Crippen LogP contribution in [0.4, 0.5) is 10.2 Å². The van der Waals surface area contributed by atoms with Gasteiger partial charge in [0.05, 0.1) is 6.61 Å². The molecule has 0 spiro atoms. The number of anilines is 1. The number of hydrogen-bond donors (Lipinski definition) is 2. The van der Waals surface area contributed by atoms with Gasteiger partial charge in [-0.15, -0.1) is 0 Å². The third-order valence-electron chi connectivity index (χ3n) is 2.84. The van der Waals surface area contributed by atoms with Crippen molar-refractivity contribution in [3.63, 3.8) is 0 Å². The zero-order valence-corrected chi connectivity index (χ0v) is 9.69. The normalized spacial score (nSPS) is 31.7. The van der Waals surface area contributed by atoms with Crippen LogP contribution in [0.2, 0.25) is 0 Å². The van der Waals surface area contributed by atoms with Gasteiger partial charge in [0.25, 0.3) is 0 Å². The molecule has 1 fully saturated rings. The third kappa shape index (κ3) is 2.09. The Morgan fingerprint density at radius 1 is 1.72 bits per heavy atom. The molecule has 1 aromatic heterocycles. The van der Waals surface area contributed by atoms with Crippen LogP contribution in [-0.4, -0.2) is 46.8 Å². The lowest BCUT2D eigenvalue weighted by Crippen LogP contribution is -2.34. The highest BCUT2D eigenvalue weighted by molar-refractivity contribution is 5.23. The first-order valence-electron chi connectivity index (χ1n) is 5.36. The lowest BCUT2D eigenvalue weighted by molar-refractivity contribution is -0.0544. The second kappa shape index (κ2) is 5.01. The highest BCUT2D eigenvalue weighted by Gasteiger charge is 2.46. The number of aromatic nitrogens is 2. The van der Waals surface area contributed by atoms with Gasteiger partial charge in [-0.25, -0.2) is 9.18 Å². The van der Waals surface area contributed by atoms with Crippen molar-refractivity contribution in [2.75, 3.05) is 19.5 Å². The van der Waals surface area contributed by atoms with Gasteiger partial charge in [-0.05, 0) is 6.07 Å². The molecule has 1 aliphatic heterocycles. The number of nitrogens with two attached hydrogens (primary N) is 1. The predicted molar refractivity (Wildman–Crippen MR) is 59.6 cm³/mol. The molecule has 4 unspecified atom stereocenters. The molecule has 1 saturated heterocycles. The first-order valence-corrected chi connectivity index (χ1v) is 5.36. The van der Waals surface area contributed by atoms with Gasteiger partial charge in [-0.1, -0.05) is 0 Å². The second-order valence-corrected chi connectivity index (χ2v) is 3.93. The monoisotopic (exact) mass is 259 g/mol. The van der Waals surface area contributed by atoms with E-state index in [0.717, 1.165) is 4.57 Å². The number of methoxy groups -OCH3 is 1. The molecule has 2 heterocycles. The van der Waals surface area contributed by atoms with Crippen LogP contribution in [0.25, 0.3) is 0 Å². The van der Waals surface area contributed by atoms with Gasteiger partial charge in [-0.3, -0.25) is 4.57 Å². The minimum Gasteiger partial charge on any atom is -0.394 e. The summed E-state index contributed by atoms with van der Waals surface area (Å²) in [4.78, 5) is 15.1. The lowest BCUT2D eigenvalue weighted by Gasteiger charge is -2.16. The Bertz CT molecular complexity index is 480. The molecule has 1 aliphatic rings. The Balaban J connectivity index is 2.32. The van der Waals surface area contributed by atoms with Gasteiger partial charge < -0.3 is 20.3 Å². The molecular formula is C10H14FN3O4. The summed E-state index contributed by atoms with van der Waals surface area (Å²) in [6.07, 6.45) is -3.19. The average molecular weight is 259 g/mol. The van der Waals surface area contributed by atoms with Crippen molar-refractivity contribution in [2.24, 2.45) is 0 Å². The van der Waals surface area contributed by atoms with E-state index in [1.165, 1.54) is 19.4 Å². The summed E-state index contributed by atoms with van der Waals surface area (Å²) in [7, 11) is 1.32. The van der Waals surface area contributed by atoms with Crippen molar-refractivity contribution in [2.45, 2.75) is 24.6 Å². The molecule has 0 saturated carbocycles. The van der Waals surface area contributed by atoms with Crippen molar-refractivity contribution in [1.29, 1.82) is 0 Å². The van der Waals surface area contributed by atoms with E-state index in [4.69, 9.17) is 20.3 Å². The lowest BCUT2D eigenvalue weighted by atomic mass is 10.1. The van der Waals surface area contributed by atoms with Crippen LogP contribution >= 0.6 is 0 Å². The fraction of sp³-hybridized carbons (Fsp3) is 0.600. The predicted octanol–water partition coefficient (Wildman–Crippen LogP) is -0.932. The van der Waals surface area contributed by atoms with Crippen LogP contribution in [0.1, 0.15) is 6.23 Å². The molecule has 0 aromatic carbocycles. The Hall–Kier alpha value is -1.51. The smallest absolute Gasteiger partial charge is 0.351 e. The van der Waals surface area contributed by atoms with Gasteiger partial charge >= 0.3 is 5.69 Å². The number of halogens is 1. The summed E-state index contributed by atoms with van der Waals surface area (Å²) in [5.41, 5.74) is 4.63. The van der Waals surface area contributed by atoms with Gasteiger partial charge in [0.2, 0.25) is 0 Å². The van der Waals surface area contributed by atoms with E-state index in [1.54, 1.807) is 0 Å². The first-order chi connectivity index (χ1) is 8.58. The molecule has 0 amide bonds. The summed E-state index contributed by atoms with van der Waals surface area (Å²) < 4.78 is 25.3. The average Bonchev–Trinajstić information content (AvgIpc) is 2.66. The number of hydrogen-bond acceptors (Lipinski definition) is 6. The molecule has 7 nitrogen and oxygen atoms in total. The van der Waals surface area contributed by atoms with Crippen LogP contribution in [0, 0.1) is 0 Å². The molecule has 0 aliphatic carbocycles. The van der Waals surface area contributed by atoms with E-state index in [9.17, 15) is 9.18 Å². The summed E-state index contributed by atoms with van der Waals surface area (Å²) in [6.45, 7) is -0.396. The van der Waals surface area contributed by atoms with Gasteiger partial charge in [-0.2, -0.15) is 4.98 Å². The molecule has 4 atom stereocenters. The van der Waals surface area contributed by atoms with E-state index in [2.05, 4.69) is 4.98 Å². The van der Waals surface area contributed by atoms with Crippen LogP contribution in [0.5, 0.6) is 0 Å². The SMILES string of the molecule is COC1C(CO)OC(n2ccc(N)nc2=O)C1F. The topological polar surface area (TPSA) is 99.6 Å². The molecular weight excluding hydrogens is 245 g/mol. The van der Waals surface area contributed by atoms with Crippen molar-refractivity contribution in [3.8, 4) is 0 Å². The minimum atomic E-state index is -1.57. The summed E-state index contributed by atoms with van der Waals surface area (Å²) in [6, 6.07) is 1.37. The van der Waals surface area contributed by atoms with Crippen molar-refractivity contribution in [3.05, 3.63) is 22.7 Å². The van der Waals surface area contributed by atoms with Crippen LogP contribution in [-0.2, 0) is 9.47 Å². The zero-order chi connectivity index (χ0) is 13.3. The molecule has 0 radical (unpaired) electrons. The molecule has 3 N–H and O–H groups in total. The van der Waals surface area contributed by atoms with Gasteiger partial charge in [0.1, 0.15) is 18.0 Å². The molecule has 2 rings (SSSR count). The Morgan fingerprint density at radius 2 is 2.44 bits per heavy atom. The number of aliphatic hydroxyl groups excluding tert-OH is 1. The van der Waals surface area contributed by atoms with E-state index < -0.39 is 36.9 Å². The first kappa shape index (κ1) is 12.9. The van der Waals surface area contributed by atoms with Crippen LogP contribution in [0.15, 0.2) is 17.1 Å². The number of aliphatic hydroxyl groups is 1. The fourth-order valence-electron chi connectivity index (χ4n) is 1.97. The van der Waals surface area contributed by atoms with Crippen LogP contribution < -0.4 is 11.4 Å². The van der Waals surface area contributed by atoms with E-state index in [0.29, 0.717) is 0 Å². The summed E-state index contributed by atoms with van der Waals surface area (Å²) in [5.74, 6) is 0.0478. The summed E-state index contributed by atoms with van der Waals surface area (Å²) in [5, 5.41) is 9.07. The number of nitrogen functional groups attached to an aromatic ring is 1.